The van der Waals surface area contributed by atoms with Crippen LogP contribution < -0.4 is 14.8 Å². The Morgan fingerprint density at radius 3 is 2.86 bits per heavy atom. The molecule has 0 aromatic heterocycles. The highest BCUT2D eigenvalue weighted by Gasteiger charge is 2.21. The van der Waals surface area contributed by atoms with E-state index in [0.29, 0.717) is 35.8 Å². The monoisotopic (exact) mass is 294 g/mol. The molecule has 0 aliphatic carbocycles. The van der Waals surface area contributed by atoms with Gasteiger partial charge in [0, 0.05) is 5.56 Å². The van der Waals surface area contributed by atoms with Gasteiger partial charge in [0.1, 0.15) is 12.7 Å². The molecule has 0 bridgehead atoms. The fourth-order valence-electron chi connectivity index (χ4n) is 2.20. The Kier molecular flexibility index (Phi) is 3.92. The highest BCUT2D eigenvalue weighted by molar-refractivity contribution is 5.94. The van der Waals surface area contributed by atoms with Gasteiger partial charge >= 0.3 is 0 Å². The number of para-hydroxylation sites is 2. The molecule has 0 saturated carbocycles. The molecule has 2 aromatic carbocycles. The van der Waals surface area contributed by atoms with Gasteiger partial charge in [-0.1, -0.05) is 18.2 Å². The predicted octanol–water partition coefficient (Wildman–Crippen LogP) is 2.13. The van der Waals surface area contributed by atoms with Crippen molar-refractivity contribution in [2.75, 3.05) is 13.2 Å². The Labute approximate surface area is 128 Å². The number of hydrogen-bond acceptors (Lipinski definition) is 4. The Hall–Kier alpha value is -3.00. The first-order chi connectivity index (χ1) is 10.8. The van der Waals surface area contributed by atoms with Crippen molar-refractivity contribution in [1.29, 1.82) is 5.26 Å². The molecule has 3 rings (SSSR count). The molecule has 2 aromatic rings. The van der Waals surface area contributed by atoms with Crippen LogP contribution in [-0.2, 0) is 0 Å². The molecule has 22 heavy (non-hydrogen) atoms. The summed E-state index contributed by atoms with van der Waals surface area (Å²) in [6.07, 6.45) is -0.238. The zero-order valence-electron chi connectivity index (χ0n) is 11.8. The number of nitrogens with zero attached hydrogens (tertiary/aromatic N) is 1. The van der Waals surface area contributed by atoms with Crippen molar-refractivity contribution in [1.82, 2.24) is 5.32 Å². The number of carbonyl (C=O) groups is 1. The van der Waals surface area contributed by atoms with E-state index < -0.39 is 0 Å². The van der Waals surface area contributed by atoms with Crippen molar-refractivity contribution in [3.8, 4) is 17.6 Å². The summed E-state index contributed by atoms with van der Waals surface area (Å²) in [5.41, 5.74) is 0.912. The maximum absolute atomic E-state index is 12.1. The number of nitriles is 1. The number of benzene rings is 2. The number of hydrogen-bond donors (Lipinski definition) is 1. The number of ether oxygens (including phenoxy) is 2. The molecule has 0 saturated heterocycles. The molecule has 1 amide bonds. The van der Waals surface area contributed by atoms with E-state index in [1.165, 1.54) is 0 Å². The van der Waals surface area contributed by atoms with E-state index in [9.17, 15) is 4.79 Å². The molecule has 1 atom stereocenters. The molecule has 1 aliphatic rings. The average Bonchev–Trinajstić information content (AvgIpc) is 2.59. The van der Waals surface area contributed by atoms with Crippen LogP contribution >= 0.6 is 0 Å². The third-order valence-electron chi connectivity index (χ3n) is 3.31. The lowest BCUT2D eigenvalue weighted by Gasteiger charge is -2.26. The lowest BCUT2D eigenvalue weighted by atomic mass is 10.1. The fraction of sp³-hybridized carbons (Fsp3) is 0.176. The van der Waals surface area contributed by atoms with Gasteiger partial charge in [-0.25, -0.2) is 0 Å². The predicted molar refractivity (Wildman–Crippen MR) is 79.8 cm³/mol. The Balaban J connectivity index is 1.59. The van der Waals surface area contributed by atoms with Crippen LogP contribution in [0, 0.1) is 11.3 Å². The average molecular weight is 294 g/mol. The molecule has 0 spiro atoms. The summed E-state index contributed by atoms with van der Waals surface area (Å²) < 4.78 is 11.4. The van der Waals surface area contributed by atoms with Crippen LogP contribution in [0.15, 0.2) is 48.5 Å². The molecule has 1 heterocycles. The van der Waals surface area contributed by atoms with Gasteiger partial charge in [0.15, 0.2) is 11.5 Å². The second kappa shape index (κ2) is 6.19. The van der Waals surface area contributed by atoms with Crippen LogP contribution in [0.5, 0.6) is 11.5 Å². The molecule has 110 valence electrons. The quantitative estimate of drug-likeness (QED) is 0.941. The minimum Gasteiger partial charge on any atom is -0.486 e. The van der Waals surface area contributed by atoms with Crippen molar-refractivity contribution >= 4 is 5.91 Å². The van der Waals surface area contributed by atoms with Gasteiger partial charge < -0.3 is 14.8 Å². The topological polar surface area (TPSA) is 71.4 Å². The number of nitrogens with one attached hydrogen (secondary N) is 1. The van der Waals surface area contributed by atoms with Gasteiger partial charge in [0.25, 0.3) is 5.91 Å². The maximum Gasteiger partial charge on any atom is 0.251 e. The summed E-state index contributed by atoms with van der Waals surface area (Å²) in [7, 11) is 0. The van der Waals surface area contributed by atoms with E-state index in [4.69, 9.17) is 14.7 Å². The first-order valence-corrected chi connectivity index (χ1v) is 6.93. The van der Waals surface area contributed by atoms with Gasteiger partial charge in [-0.05, 0) is 30.3 Å². The summed E-state index contributed by atoms with van der Waals surface area (Å²) >= 11 is 0. The number of rotatable bonds is 3. The van der Waals surface area contributed by atoms with E-state index in [-0.39, 0.29) is 12.0 Å². The third-order valence-corrected chi connectivity index (χ3v) is 3.31. The van der Waals surface area contributed by atoms with Crippen LogP contribution in [-0.4, -0.2) is 25.2 Å². The van der Waals surface area contributed by atoms with Gasteiger partial charge in [0.2, 0.25) is 0 Å². The Morgan fingerprint density at radius 2 is 2.05 bits per heavy atom. The molecule has 1 N–H and O–H groups in total. The molecule has 5 heteroatoms. The number of carbonyl (C=O) groups excluding carboxylic acids is 1. The normalized spacial score (nSPS) is 15.7. The van der Waals surface area contributed by atoms with Crippen LogP contribution in [0.3, 0.4) is 0 Å². The number of fused-ring (bicyclic) bond motifs is 1. The van der Waals surface area contributed by atoms with Crippen LogP contribution in [0.1, 0.15) is 15.9 Å². The summed E-state index contributed by atoms with van der Waals surface area (Å²) in [5.74, 6) is 1.16. The smallest absolute Gasteiger partial charge is 0.251 e. The zero-order chi connectivity index (χ0) is 15.4. The molecule has 0 unspecified atom stereocenters. The summed E-state index contributed by atoms with van der Waals surface area (Å²) in [5, 5.41) is 11.6. The Morgan fingerprint density at radius 1 is 1.23 bits per heavy atom. The number of amides is 1. The van der Waals surface area contributed by atoms with Crippen molar-refractivity contribution in [2.24, 2.45) is 0 Å². The molecule has 0 fully saturated rings. The van der Waals surface area contributed by atoms with E-state index in [0.717, 1.165) is 0 Å². The molecule has 5 nitrogen and oxygen atoms in total. The maximum atomic E-state index is 12.1. The lowest BCUT2D eigenvalue weighted by Crippen LogP contribution is -2.40. The van der Waals surface area contributed by atoms with E-state index in [2.05, 4.69) is 5.32 Å². The molecular formula is C17H14N2O3. The lowest BCUT2D eigenvalue weighted by molar-refractivity contribution is 0.0789. The fourth-order valence-corrected chi connectivity index (χ4v) is 2.20. The van der Waals surface area contributed by atoms with Crippen LogP contribution in [0.25, 0.3) is 0 Å². The van der Waals surface area contributed by atoms with Crippen molar-refractivity contribution in [3.05, 3.63) is 59.7 Å². The molecule has 0 radical (unpaired) electrons. The van der Waals surface area contributed by atoms with Gasteiger partial charge in [-0.15, -0.1) is 0 Å². The summed E-state index contributed by atoms with van der Waals surface area (Å²) in [6, 6.07) is 16.0. The van der Waals surface area contributed by atoms with Crippen molar-refractivity contribution in [3.63, 3.8) is 0 Å². The second-order valence-electron chi connectivity index (χ2n) is 4.90. The van der Waals surface area contributed by atoms with Gasteiger partial charge in [-0.3, -0.25) is 4.79 Å². The van der Waals surface area contributed by atoms with E-state index in [1.54, 1.807) is 24.3 Å². The first kappa shape index (κ1) is 14.0. The van der Waals surface area contributed by atoms with Gasteiger partial charge in [0.05, 0.1) is 18.2 Å². The van der Waals surface area contributed by atoms with Crippen LogP contribution in [0.4, 0.5) is 0 Å². The van der Waals surface area contributed by atoms with Crippen LogP contribution in [0.2, 0.25) is 0 Å². The Bertz CT molecular complexity index is 737. The molecular weight excluding hydrogens is 280 g/mol. The van der Waals surface area contributed by atoms with Gasteiger partial charge in [-0.2, -0.15) is 5.26 Å². The molecule has 1 aliphatic heterocycles. The highest BCUT2D eigenvalue weighted by Crippen LogP contribution is 2.30. The van der Waals surface area contributed by atoms with Crippen molar-refractivity contribution < 1.29 is 14.3 Å². The third kappa shape index (κ3) is 3.01. The minimum absolute atomic E-state index is 0.237. The summed E-state index contributed by atoms with van der Waals surface area (Å²) in [4.78, 5) is 12.1. The first-order valence-electron chi connectivity index (χ1n) is 6.93. The highest BCUT2D eigenvalue weighted by atomic mass is 16.6. The van der Waals surface area contributed by atoms with E-state index in [1.807, 2.05) is 30.3 Å². The van der Waals surface area contributed by atoms with Crippen molar-refractivity contribution in [2.45, 2.75) is 6.10 Å². The zero-order valence-corrected chi connectivity index (χ0v) is 11.8. The summed E-state index contributed by atoms with van der Waals surface area (Å²) in [6.45, 7) is 0.722. The SMILES string of the molecule is N#Cc1cccc(C(=O)NC[C@@H]2COc3ccccc3O2)c1. The standard InChI is InChI=1S/C17H14N2O3/c18-9-12-4-3-5-13(8-12)17(20)19-10-14-11-21-15-6-1-2-7-16(15)22-14/h1-8,14H,10-11H2,(H,19,20)/t14-/m1/s1. The largest absolute Gasteiger partial charge is 0.486 e. The minimum atomic E-state index is -0.238. The van der Waals surface area contributed by atoms with E-state index >= 15 is 0 Å². The second-order valence-corrected chi connectivity index (χ2v) is 4.90.